The monoisotopic (exact) mass is 542 g/mol. The fourth-order valence-electron chi connectivity index (χ4n) is 4.71. The highest BCUT2D eigenvalue weighted by molar-refractivity contribution is 5.96. The Balaban J connectivity index is 1.66. The van der Waals surface area contributed by atoms with E-state index in [2.05, 4.69) is 4.98 Å². The molecule has 0 saturated carbocycles. The van der Waals surface area contributed by atoms with Crippen molar-refractivity contribution in [1.82, 2.24) is 19.4 Å². The molecule has 1 N–H and O–H groups in total. The van der Waals surface area contributed by atoms with E-state index in [4.69, 9.17) is 9.47 Å². The van der Waals surface area contributed by atoms with Crippen molar-refractivity contribution in [3.63, 3.8) is 0 Å². The Morgan fingerprint density at radius 1 is 1.03 bits per heavy atom. The molecule has 0 atom stereocenters. The van der Waals surface area contributed by atoms with Crippen LogP contribution in [0.5, 0.6) is 17.4 Å². The molecule has 11 heteroatoms. The van der Waals surface area contributed by atoms with E-state index in [9.17, 15) is 23.5 Å². The highest BCUT2D eigenvalue weighted by Gasteiger charge is 2.31. The summed E-state index contributed by atoms with van der Waals surface area (Å²) in [4.78, 5) is 34.2. The lowest BCUT2D eigenvalue weighted by atomic mass is 10.1. The zero-order chi connectivity index (χ0) is 28.1. The van der Waals surface area contributed by atoms with Crippen molar-refractivity contribution in [1.29, 1.82) is 0 Å². The van der Waals surface area contributed by atoms with Gasteiger partial charge in [0.05, 0.1) is 14.2 Å². The van der Waals surface area contributed by atoms with Gasteiger partial charge in [0, 0.05) is 44.7 Å². The van der Waals surface area contributed by atoms with Gasteiger partial charge in [0.1, 0.15) is 23.0 Å². The van der Waals surface area contributed by atoms with E-state index in [-0.39, 0.29) is 31.0 Å². The summed E-state index contributed by atoms with van der Waals surface area (Å²) < 4.78 is 40.1. The number of methoxy groups -OCH3 is 2. The van der Waals surface area contributed by atoms with Gasteiger partial charge in [0.2, 0.25) is 5.88 Å². The number of amides is 1. The molecule has 1 saturated heterocycles. The predicted molar refractivity (Wildman–Crippen MR) is 141 cm³/mol. The van der Waals surface area contributed by atoms with Crippen LogP contribution < -0.4 is 15.0 Å². The van der Waals surface area contributed by atoms with E-state index >= 15 is 0 Å². The zero-order valence-electron chi connectivity index (χ0n) is 22.2. The molecule has 1 aromatic heterocycles. The van der Waals surface area contributed by atoms with Crippen LogP contribution in [-0.2, 0) is 13.0 Å². The molecule has 1 aliphatic heterocycles. The van der Waals surface area contributed by atoms with E-state index in [1.807, 2.05) is 11.8 Å². The number of unbranched alkanes of at least 4 members (excludes halogenated alkanes) is 1. The number of halogens is 2. The maximum Gasteiger partial charge on any atom is 0.289 e. The van der Waals surface area contributed by atoms with Gasteiger partial charge in [-0.15, -0.1) is 0 Å². The van der Waals surface area contributed by atoms with Crippen molar-refractivity contribution in [2.24, 2.45) is 0 Å². The summed E-state index contributed by atoms with van der Waals surface area (Å²) in [5.74, 6) is -1.99. The molecular formula is C28H32F2N4O5. The second kappa shape index (κ2) is 12.2. The summed E-state index contributed by atoms with van der Waals surface area (Å²) in [5, 5.41) is 11.4. The van der Waals surface area contributed by atoms with Crippen LogP contribution in [0.3, 0.4) is 0 Å². The smallest absolute Gasteiger partial charge is 0.289 e. The van der Waals surface area contributed by atoms with E-state index in [1.165, 1.54) is 35.8 Å². The molecule has 0 bridgehead atoms. The Kier molecular flexibility index (Phi) is 8.80. The highest BCUT2D eigenvalue weighted by atomic mass is 19.2. The minimum Gasteiger partial charge on any atom is -0.494 e. The Morgan fingerprint density at radius 3 is 2.28 bits per heavy atom. The molecular weight excluding hydrogens is 510 g/mol. The van der Waals surface area contributed by atoms with Crippen LogP contribution in [0.2, 0.25) is 0 Å². The average Bonchev–Trinajstić information content (AvgIpc) is 2.94. The molecule has 9 nitrogen and oxygen atoms in total. The topological polar surface area (TPSA) is 97.1 Å². The first-order valence-corrected chi connectivity index (χ1v) is 12.8. The van der Waals surface area contributed by atoms with Gasteiger partial charge in [0.25, 0.3) is 11.5 Å². The molecule has 0 radical (unpaired) electrons. The summed E-state index contributed by atoms with van der Waals surface area (Å²) >= 11 is 0. The number of ether oxygens (including phenoxy) is 2. The molecule has 1 aliphatic rings. The van der Waals surface area contributed by atoms with Crippen LogP contribution in [0.25, 0.3) is 5.69 Å². The molecule has 1 amide bonds. The summed E-state index contributed by atoms with van der Waals surface area (Å²) in [6.45, 7) is 3.38. The number of nitrogens with zero attached hydrogens (tertiary/aromatic N) is 4. The van der Waals surface area contributed by atoms with Gasteiger partial charge in [-0.05, 0) is 24.6 Å². The first-order chi connectivity index (χ1) is 18.8. The molecule has 0 spiro atoms. The van der Waals surface area contributed by atoms with Gasteiger partial charge in [0.15, 0.2) is 17.2 Å². The van der Waals surface area contributed by atoms with Crippen molar-refractivity contribution < 1.29 is 28.2 Å². The number of carbonyl (C=O) groups is 1. The SMILES string of the molecule is CCCCc1nc(=O)c(C(=O)N2CCN(Cc3cccc(F)c3F)CC2)c(O)n1-c1c(OC)cccc1OC. The second-order valence-electron chi connectivity index (χ2n) is 9.26. The van der Waals surface area contributed by atoms with Crippen LogP contribution >= 0.6 is 0 Å². The third kappa shape index (κ3) is 5.73. The number of aromatic hydroxyl groups is 1. The number of hydrogen-bond donors (Lipinski definition) is 1. The predicted octanol–water partition coefficient (Wildman–Crippen LogP) is 3.53. The van der Waals surface area contributed by atoms with E-state index in [0.29, 0.717) is 43.1 Å². The van der Waals surface area contributed by atoms with Crippen LogP contribution in [0.1, 0.15) is 41.5 Å². The summed E-state index contributed by atoms with van der Waals surface area (Å²) in [6, 6.07) is 9.13. The number of para-hydroxylation sites is 1. The summed E-state index contributed by atoms with van der Waals surface area (Å²) in [6.07, 6.45) is 1.90. The minimum absolute atomic E-state index is 0.185. The molecule has 208 valence electrons. The summed E-state index contributed by atoms with van der Waals surface area (Å²) in [5.41, 5.74) is -0.715. The molecule has 1 fully saturated rings. The molecule has 2 aromatic carbocycles. The first kappa shape index (κ1) is 28.0. The normalized spacial score (nSPS) is 13.9. The van der Waals surface area contributed by atoms with Gasteiger partial charge in [-0.3, -0.25) is 19.1 Å². The molecule has 4 rings (SSSR count). The Hall–Kier alpha value is -3.99. The Bertz CT molecular complexity index is 1380. The van der Waals surface area contributed by atoms with Crippen molar-refractivity contribution in [2.45, 2.75) is 32.7 Å². The number of aryl methyl sites for hydroxylation is 1. The van der Waals surface area contributed by atoms with Gasteiger partial charge in [-0.25, -0.2) is 8.78 Å². The van der Waals surface area contributed by atoms with E-state index < -0.39 is 34.5 Å². The lowest BCUT2D eigenvalue weighted by molar-refractivity contribution is 0.0620. The molecule has 2 heterocycles. The van der Waals surface area contributed by atoms with Gasteiger partial charge in [-0.1, -0.05) is 31.5 Å². The third-order valence-corrected chi connectivity index (χ3v) is 6.82. The molecule has 0 unspecified atom stereocenters. The molecule has 3 aromatic rings. The zero-order valence-corrected chi connectivity index (χ0v) is 22.2. The van der Waals surface area contributed by atoms with Gasteiger partial charge < -0.3 is 19.5 Å². The van der Waals surface area contributed by atoms with Crippen molar-refractivity contribution in [3.8, 4) is 23.1 Å². The maximum absolute atomic E-state index is 14.1. The Morgan fingerprint density at radius 2 is 1.67 bits per heavy atom. The maximum atomic E-state index is 14.1. The van der Waals surface area contributed by atoms with Crippen molar-refractivity contribution in [2.75, 3.05) is 40.4 Å². The fraction of sp³-hybridized carbons (Fsp3) is 0.393. The first-order valence-electron chi connectivity index (χ1n) is 12.8. The number of aromatic nitrogens is 2. The number of carbonyl (C=O) groups excluding carboxylic acids is 1. The standard InChI is InChI=1S/C28H32F2N4O5/c1-4-5-12-22-31-26(35)23(28(37)34(22)25-20(38-2)10-7-11-21(25)39-3)27(36)33-15-13-32(14-16-33)17-18-8-6-9-19(29)24(18)30/h6-11,37H,4-5,12-17H2,1-3H3. The lowest BCUT2D eigenvalue weighted by Gasteiger charge is -2.35. The summed E-state index contributed by atoms with van der Waals surface area (Å²) in [7, 11) is 2.94. The molecule has 39 heavy (non-hydrogen) atoms. The number of rotatable bonds is 9. The minimum atomic E-state index is -0.908. The van der Waals surface area contributed by atoms with Gasteiger partial charge in [-0.2, -0.15) is 4.98 Å². The van der Waals surface area contributed by atoms with Gasteiger partial charge >= 0.3 is 0 Å². The van der Waals surface area contributed by atoms with Crippen LogP contribution in [0, 0.1) is 11.6 Å². The Labute approximate surface area is 225 Å². The van der Waals surface area contributed by atoms with Crippen molar-refractivity contribution >= 4 is 5.91 Å². The van der Waals surface area contributed by atoms with Crippen molar-refractivity contribution in [3.05, 3.63) is 75.3 Å². The largest absolute Gasteiger partial charge is 0.494 e. The van der Waals surface area contributed by atoms with Crippen LogP contribution in [-0.4, -0.2) is 70.8 Å². The van der Waals surface area contributed by atoms with E-state index in [0.717, 1.165) is 12.5 Å². The third-order valence-electron chi connectivity index (χ3n) is 6.82. The van der Waals surface area contributed by atoms with Crippen LogP contribution in [0.15, 0.2) is 41.2 Å². The highest BCUT2D eigenvalue weighted by Crippen LogP contribution is 2.36. The molecule has 0 aliphatic carbocycles. The number of hydrogen-bond acceptors (Lipinski definition) is 7. The quantitative estimate of drug-likeness (QED) is 0.442. The fourth-order valence-corrected chi connectivity index (χ4v) is 4.71. The average molecular weight is 543 g/mol. The second-order valence-corrected chi connectivity index (χ2v) is 9.26. The number of benzene rings is 2. The number of piperazine rings is 1. The van der Waals surface area contributed by atoms with E-state index in [1.54, 1.807) is 18.2 Å². The van der Waals surface area contributed by atoms with Crippen LogP contribution in [0.4, 0.5) is 8.78 Å². The lowest BCUT2D eigenvalue weighted by Crippen LogP contribution is -2.49.